The van der Waals surface area contributed by atoms with Gasteiger partial charge in [-0.1, -0.05) is 29.8 Å². The largest absolute Gasteiger partial charge is 0.373 e. The summed E-state index contributed by atoms with van der Waals surface area (Å²) >= 11 is 12.6. The van der Waals surface area contributed by atoms with Crippen LogP contribution < -0.4 is 5.32 Å². The second-order valence-electron chi connectivity index (χ2n) is 8.10. The van der Waals surface area contributed by atoms with Gasteiger partial charge in [-0.3, -0.25) is 9.59 Å². The third-order valence-electron chi connectivity index (χ3n) is 6.13. The molecule has 2 heterocycles. The van der Waals surface area contributed by atoms with E-state index in [2.05, 4.69) is 11.9 Å². The first-order valence-corrected chi connectivity index (χ1v) is 10.8. The molecular weight excluding hydrogens is 459 g/mol. The van der Waals surface area contributed by atoms with Crippen molar-refractivity contribution in [2.45, 2.75) is 18.4 Å². The minimum absolute atomic E-state index is 0.0151. The standard InChI is InChI=1S/C23H21Cl2F2N3O2/c1-3-19(31)30-9-7-23(12-30,20-17(26)5-4-16(24)21(20)25)28-13-10-15-14(18(27)11-13)6-8-29(2)22(15)32/h3-5,10-11,28H,1,6-9,12H2,2H3/t23-/m1/s1. The first-order valence-electron chi connectivity index (χ1n) is 10.1. The number of anilines is 1. The number of fused-ring (bicyclic) bond motifs is 1. The number of carbonyl (C=O) groups is 2. The van der Waals surface area contributed by atoms with Crippen molar-refractivity contribution in [1.82, 2.24) is 9.80 Å². The van der Waals surface area contributed by atoms with Gasteiger partial charge in [0, 0.05) is 49.1 Å². The predicted molar refractivity (Wildman–Crippen MR) is 120 cm³/mol. The average Bonchev–Trinajstić information content (AvgIpc) is 3.18. The minimum atomic E-state index is -1.19. The number of rotatable bonds is 4. The van der Waals surface area contributed by atoms with Crippen molar-refractivity contribution >= 4 is 40.7 Å². The van der Waals surface area contributed by atoms with E-state index in [4.69, 9.17) is 23.2 Å². The Hall–Kier alpha value is -2.64. The van der Waals surface area contributed by atoms with E-state index in [0.717, 1.165) is 0 Å². The third-order valence-corrected chi connectivity index (χ3v) is 6.94. The van der Waals surface area contributed by atoms with Crippen LogP contribution in [0.4, 0.5) is 14.5 Å². The number of halogens is 4. The van der Waals surface area contributed by atoms with Gasteiger partial charge in [0.25, 0.3) is 5.91 Å². The van der Waals surface area contributed by atoms with Crippen molar-refractivity contribution in [1.29, 1.82) is 0 Å². The first kappa shape index (κ1) is 22.6. The molecule has 1 N–H and O–H groups in total. The third kappa shape index (κ3) is 3.73. The molecule has 0 aliphatic carbocycles. The number of likely N-dealkylation sites (N-methyl/N-ethyl adjacent to an activating group) is 1. The molecule has 0 aromatic heterocycles. The number of carbonyl (C=O) groups excluding carboxylic acids is 2. The zero-order valence-corrected chi connectivity index (χ0v) is 18.9. The summed E-state index contributed by atoms with van der Waals surface area (Å²) in [6, 6.07) is 5.40. The summed E-state index contributed by atoms with van der Waals surface area (Å²) in [7, 11) is 1.65. The van der Waals surface area contributed by atoms with Gasteiger partial charge in [0.15, 0.2) is 0 Å². The lowest BCUT2D eigenvalue weighted by atomic mass is 9.87. The van der Waals surface area contributed by atoms with Crippen molar-refractivity contribution < 1.29 is 18.4 Å². The first-order chi connectivity index (χ1) is 15.2. The van der Waals surface area contributed by atoms with E-state index in [-0.39, 0.29) is 51.6 Å². The second kappa shape index (κ2) is 8.37. The Morgan fingerprint density at radius 1 is 1.22 bits per heavy atom. The molecule has 1 atom stereocenters. The zero-order chi connectivity index (χ0) is 23.2. The number of benzene rings is 2. The fourth-order valence-electron chi connectivity index (χ4n) is 4.48. The summed E-state index contributed by atoms with van der Waals surface area (Å²) < 4.78 is 30.0. The van der Waals surface area contributed by atoms with Crippen LogP contribution in [0.3, 0.4) is 0 Å². The highest BCUT2D eigenvalue weighted by molar-refractivity contribution is 6.42. The fraction of sp³-hybridized carbons (Fsp3) is 0.304. The molecule has 1 fully saturated rings. The van der Waals surface area contributed by atoms with Crippen molar-refractivity contribution in [3.05, 3.63) is 75.3 Å². The Morgan fingerprint density at radius 2 is 1.97 bits per heavy atom. The van der Waals surface area contributed by atoms with Gasteiger partial charge in [0.05, 0.1) is 15.6 Å². The van der Waals surface area contributed by atoms with Crippen LogP contribution in [-0.4, -0.2) is 48.3 Å². The molecule has 0 unspecified atom stereocenters. The summed E-state index contributed by atoms with van der Waals surface area (Å²) in [6.07, 6.45) is 1.88. The lowest BCUT2D eigenvalue weighted by molar-refractivity contribution is -0.125. The van der Waals surface area contributed by atoms with E-state index in [1.54, 1.807) is 13.1 Å². The molecule has 32 heavy (non-hydrogen) atoms. The molecule has 0 bridgehead atoms. The molecule has 0 spiro atoms. The van der Waals surface area contributed by atoms with Crippen molar-refractivity contribution in [2.24, 2.45) is 0 Å². The monoisotopic (exact) mass is 479 g/mol. The van der Waals surface area contributed by atoms with Crippen LogP contribution in [0.1, 0.15) is 27.9 Å². The molecule has 2 aliphatic rings. The average molecular weight is 480 g/mol. The van der Waals surface area contributed by atoms with Crippen LogP contribution in [0.25, 0.3) is 0 Å². The predicted octanol–water partition coefficient (Wildman–Crippen LogP) is 4.63. The molecule has 1 saturated heterocycles. The minimum Gasteiger partial charge on any atom is -0.373 e. The van der Waals surface area contributed by atoms with Crippen LogP contribution >= 0.6 is 23.2 Å². The zero-order valence-electron chi connectivity index (χ0n) is 17.4. The van der Waals surface area contributed by atoms with Crippen molar-refractivity contribution in [3.63, 3.8) is 0 Å². The molecule has 2 amide bonds. The van der Waals surface area contributed by atoms with Crippen molar-refractivity contribution in [3.8, 4) is 0 Å². The van der Waals surface area contributed by atoms with E-state index >= 15 is 4.39 Å². The van der Waals surface area contributed by atoms with Crippen LogP contribution in [-0.2, 0) is 16.8 Å². The maximum absolute atomic E-state index is 15.1. The molecule has 9 heteroatoms. The van der Waals surface area contributed by atoms with E-state index in [1.165, 1.54) is 34.1 Å². The molecule has 168 valence electrons. The van der Waals surface area contributed by atoms with E-state index in [9.17, 15) is 14.0 Å². The Labute approximate surface area is 194 Å². The molecule has 0 saturated carbocycles. The van der Waals surface area contributed by atoms with Gasteiger partial charge in [-0.2, -0.15) is 0 Å². The highest BCUT2D eigenvalue weighted by Gasteiger charge is 2.45. The smallest absolute Gasteiger partial charge is 0.254 e. The van der Waals surface area contributed by atoms with E-state index in [0.29, 0.717) is 25.1 Å². The van der Waals surface area contributed by atoms with Gasteiger partial charge in [-0.15, -0.1) is 0 Å². The maximum Gasteiger partial charge on any atom is 0.254 e. The Morgan fingerprint density at radius 3 is 2.69 bits per heavy atom. The number of nitrogens with zero attached hydrogens (tertiary/aromatic N) is 2. The van der Waals surface area contributed by atoms with Crippen LogP contribution in [0.5, 0.6) is 0 Å². The topological polar surface area (TPSA) is 52.7 Å². The number of hydrogen-bond donors (Lipinski definition) is 1. The number of amides is 2. The van der Waals surface area contributed by atoms with Gasteiger partial charge < -0.3 is 15.1 Å². The van der Waals surface area contributed by atoms with Crippen LogP contribution in [0.2, 0.25) is 10.0 Å². The summed E-state index contributed by atoms with van der Waals surface area (Å²) in [5.41, 5.74) is -0.198. The second-order valence-corrected chi connectivity index (χ2v) is 8.89. The van der Waals surface area contributed by atoms with E-state index < -0.39 is 17.2 Å². The summed E-state index contributed by atoms with van der Waals surface area (Å²) in [6.45, 7) is 4.30. The number of nitrogens with one attached hydrogen (secondary N) is 1. The van der Waals surface area contributed by atoms with Gasteiger partial charge in [-0.25, -0.2) is 8.78 Å². The van der Waals surface area contributed by atoms with Gasteiger partial charge in [-0.05, 0) is 43.2 Å². The number of hydrogen-bond acceptors (Lipinski definition) is 3. The lowest BCUT2D eigenvalue weighted by Crippen LogP contribution is -2.41. The normalized spacial score (nSPS) is 20.3. The maximum atomic E-state index is 15.1. The lowest BCUT2D eigenvalue weighted by Gasteiger charge is -2.34. The Balaban J connectivity index is 1.83. The molecular formula is C23H21Cl2F2N3O2. The summed E-state index contributed by atoms with van der Waals surface area (Å²) in [5.74, 6) is -1.73. The van der Waals surface area contributed by atoms with E-state index in [1.807, 2.05) is 0 Å². The van der Waals surface area contributed by atoms with Crippen LogP contribution in [0, 0.1) is 11.6 Å². The fourth-order valence-corrected chi connectivity index (χ4v) is 4.97. The quantitative estimate of drug-likeness (QED) is 0.513. The highest BCUT2D eigenvalue weighted by atomic mass is 35.5. The molecule has 4 rings (SSSR count). The summed E-state index contributed by atoms with van der Waals surface area (Å²) in [5, 5.41) is 3.37. The Bertz CT molecular complexity index is 1140. The molecule has 2 aromatic rings. The van der Waals surface area contributed by atoms with Gasteiger partial charge in [0.2, 0.25) is 5.91 Å². The molecule has 2 aliphatic heterocycles. The molecule has 5 nitrogen and oxygen atoms in total. The highest BCUT2D eigenvalue weighted by Crippen LogP contribution is 2.43. The van der Waals surface area contributed by atoms with Crippen molar-refractivity contribution in [2.75, 3.05) is 32.0 Å². The Kier molecular flexibility index (Phi) is 5.90. The molecule has 2 aromatic carbocycles. The summed E-state index contributed by atoms with van der Waals surface area (Å²) in [4.78, 5) is 27.9. The SMILES string of the molecule is C=CC(=O)N1CC[C@](Nc2cc(F)c3c(c2)C(=O)N(C)CC3)(c2c(F)ccc(Cl)c2Cl)C1. The van der Waals surface area contributed by atoms with Gasteiger partial charge >= 0.3 is 0 Å². The molecule has 0 radical (unpaired) electrons. The van der Waals surface area contributed by atoms with Crippen LogP contribution in [0.15, 0.2) is 36.9 Å². The number of likely N-dealkylation sites (tertiary alicyclic amines) is 1. The van der Waals surface area contributed by atoms with Gasteiger partial charge in [0.1, 0.15) is 11.6 Å².